The van der Waals surface area contributed by atoms with Crippen LogP contribution in [0.2, 0.25) is 0 Å². The first-order valence-electron chi connectivity index (χ1n) is 5.87. The van der Waals surface area contributed by atoms with Gasteiger partial charge in [-0.25, -0.2) is 0 Å². The Hall–Kier alpha value is -1.10. The van der Waals surface area contributed by atoms with E-state index in [0.29, 0.717) is 0 Å². The third-order valence-corrected chi connectivity index (χ3v) is 3.28. The van der Waals surface area contributed by atoms with Crippen LogP contribution in [0.15, 0.2) is 24.3 Å². The van der Waals surface area contributed by atoms with Crippen LogP contribution in [-0.2, 0) is 11.3 Å². The predicted octanol–water partition coefficient (Wildman–Crippen LogP) is 1.62. The number of benzene rings is 1. The van der Waals surface area contributed by atoms with Crippen molar-refractivity contribution in [3.8, 4) is 0 Å². The van der Waals surface area contributed by atoms with Gasteiger partial charge in [-0.05, 0) is 30.9 Å². The Morgan fingerprint density at radius 3 is 2.94 bits per heavy atom. The Bertz CT molecular complexity index is 376. The lowest BCUT2D eigenvalue weighted by Crippen LogP contribution is -2.51. The molecule has 0 saturated carbocycles. The van der Waals surface area contributed by atoms with E-state index >= 15 is 0 Å². The van der Waals surface area contributed by atoms with E-state index in [4.69, 9.17) is 10.6 Å². The molecule has 1 fully saturated rings. The molecule has 0 amide bonds. The van der Waals surface area contributed by atoms with E-state index in [1.54, 1.807) is 5.12 Å². The van der Waals surface area contributed by atoms with Crippen LogP contribution in [0, 0.1) is 0 Å². The van der Waals surface area contributed by atoms with Gasteiger partial charge in [-0.2, -0.15) is 5.12 Å². The van der Waals surface area contributed by atoms with Crippen LogP contribution in [-0.4, -0.2) is 18.0 Å². The van der Waals surface area contributed by atoms with Crippen molar-refractivity contribution in [1.82, 2.24) is 5.12 Å². The summed E-state index contributed by atoms with van der Waals surface area (Å²) in [5.74, 6) is 6.04. The molecule has 86 valence electrons. The number of ether oxygens (including phenoxy) is 1. The minimum absolute atomic E-state index is 0.113. The number of hydrogen-bond donors (Lipinski definition) is 1. The molecule has 4 nitrogen and oxygen atoms in total. The molecular formula is C12H17N3O. The Kier molecular flexibility index (Phi) is 2.55. The maximum absolute atomic E-state index is 6.04. The summed E-state index contributed by atoms with van der Waals surface area (Å²) < 4.78 is 5.79. The summed E-state index contributed by atoms with van der Waals surface area (Å²) in [6.45, 7) is 1.62. The van der Waals surface area contributed by atoms with E-state index in [-0.39, 0.29) is 6.23 Å². The molecule has 2 heterocycles. The van der Waals surface area contributed by atoms with Crippen molar-refractivity contribution in [3.63, 3.8) is 0 Å². The molecule has 4 heteroatoms. The van der Waals surface area contributed by atoms with Crippen molar-refractivity contribution in [2.75, 3.05) is 11.6 Å². The van der Waals surface area contributed by atoms with Gasteiger partial charge >= 0.3 is 0 Å². The quantitative estimate of drug-likeness (QED) is 0.729. The van der Waals surface area contributed by atoms with E-state index in [1.807, 2.05) is 6.07 Å². The van der Waals surface area contributed by atoms with Gasteiger partial charge in [-0.1, -0.05) is 18.2 Å². The van der Waals surface area contributed by atoms with E-state index in [2.05, 4.69) is 23.2 Å². The lowest BCUT2D eigenvalue weighted by atomic mass is 10.1. The first kappa shape index (κ1) is 10.1. The third kappa shape index (κ3) is 1.59. The van der Waals surface area contributed by atoms with Gasteiger partial charge in [-0.15, -0.1) is 0 Å². The predicted molar refractivity (Wildman–Crippen MR) is 62.2 cm³/mol. The number of fused-ring (bicyclic) bond motifs is 1. The highest BCUT2D eigenvalue weighted by atomic mass is 16.5. The molecular weight excluding hydrogens is 202 g/mol. The van der Waals surface area contributed by atoms with Crippen molar-refractivity contribution in [2.24, 2.45) is 5.84 Å². The third-order valence-electron chi connectivity index (χ3n) is 3.28. The zero-order chi connectivity index (χ0) is 11.0. The van der Waals surface area contributed by atoms with Crippen LogP contribution in [0.4, 0.5) is 5.69 Å². The number of hydrogen-bond acceptors (Lipinski definition) is 4. The molecule has 0 spiro atoms. The van der Waals surface area contributed by atoms with Crippen molar-refractivity contribution in [1.29, 1.82) is 0 Å². The van der Waals surface area contributed by atoms with Crippen LogP contribution >= 0.6 is 0 Å². The van der Waals surface area contributed by atoms with E-state index < -0.39 is 0 Å². The molecule has 3 rings (SSSR count). The molecule has 0 aromatic heterocycles. The Labute approximate surface area is 95.5 Å². The number of para-hydroxylation sites is 1. The molecule has 1 aromatic carbocycles. The maximum atomic E-state index is 6.04. The molecule has 1 aromatic rings. The van der Waals surface area contributed by atoms with Gasteiger partial charge in [0, 0.05) is 6.61 Å². The first-order valence-corrected chi connectivity index (χ1v) is 5.87. The minimum atomic E-state index is 0.113. The molecule has 2 aliphatic heterocycles. The number of anilines is 1. The van der Waals surface area contributed by atoms with Gasteiger partial charge in [0.15, 0.2) is 0 Å². The smallest absolute Gasteiger partial charge is 0.145 e. The maximum Gasteiger partial charge on any atom is 0.145 e. The number of nitrogens with zero attached hydrogens (tertiary/aromatic N) is 2. The minimum Gasteiger partial charge on any atom is -0.357 e. The highest BCUT2D eigenvalue weighted by molar-refractivity contribution is 5.56. The molecule has 0 radical (unpaired) electrons. The molecule has 1 unspecified atom stereocenters. The summed E-state index contributed by atoms with van der Waals surface area (Å²) in [7, 11) is 0. The van der Waals surface area contributed by atoms with Crippen molar-refractivity contribution >= 4 is 5.69 Å². The van der Waals surface area contributed by atoms with Gasteiger partial charge in [0.2, 0.25) is 0 Å². The summed E-state index contributed by atoms with van der Waals surface area (Å²) in [4.78, 5) is 0. The second-order valence-electron chi connectivity index (χ2n) is 4.39. The molecule has 1 atom stereocenters. The van der Waals surface area contributed by atoms with Crippen LogP contribution in [0.25, 0.3) is 0 Å². The van der Waals surface area contributed by atoms with E-state index in [0.717, 1.165) is 26.0 Å². The highest BCUT2D eigenvalue weighted by Crippen LogP contribution is 2.33. The largest absolute Gasteiger partial charge is 0.357 e. The number of nitrogens with two attached hydrogens (primary N) is 1. The molecule has 2 aliphatic rings. The summed E-state index contributed by atoms with van der Waals surface area (Å²) in [5.41, 5.74) is 2.47. The Morgan fingerprint density at radius 1 is 1.25 bits per heavy atom. The second kappa shape index (κ2) is 4.05. The standard InChI is InChI=1S/C12H17N3O/c13-14-9-10-5-1-2-6-11(10)15(14)12-7-3-4-8-16-12/h1-2,5-6,12H,3-4,7-9,13H2. The first-order chi connectivity index (χ1) is 7.86. The lowest BCUT2D eigenvalue weighted by Gasteiger charge is -2.36. The average Bonchev–Trinajstić information content (AvgIpc) is 2.66. The topological polar surface area (TPSA) is 41.7 Å². The monoisotopic (exact) mass is 219 g/mol. The zero-order valence-electron chi connectivity index (χ0n) is 9.30. The summed E-state index contributed by atoms with van der Waals surface area (Å²) in [6, 6.07) is 8.34. The highest BCUT2D eigenvalue weighted by Gasteiger charge is 2.32. The summed E-state index contributed by atoms with van der Waals surface area (Å²) in [5, 5.41) is 3.86. The summed E-state index contributed by atoms with van der Waals surface area (Å²) >= 11 is 0. The zero-order valence-corrected chi connectivity index (χ0v) is 9.30. The fourth-order valence-corrected chi connectivity index (χ4v) is 2.49. The molecule has 16 heavy (non-hydrogen) atoms. The molecule has 0 bridgehead atoms. The molecule has 0 aliphatic carbocycles. The second-order valence-corrected chi connectivity index (χ2v) is 4.39. The van der Waals surface area contributed by atoms with Crippen LogP contribution < -0.4 is 10.9 Å². The number of hydrazine groups is 2. The van der Waals surface area contributed by atoms with E-state index in [1.165, 1.54) is 17.7 Å². The van der Waals surface area contributed by atoms with Crippen LogP contribution in [0.5, 0.6) is 0 Å². The lowest BCUT2D eigenvalue weighted by molar-refractivity contribution is -0.0168. The molecule has 1 saturated heterocycles. The van der Waals surface area contributed by atoms with Gasteiger partial charge in [0.25, 0.3) is 0 Å². The average molecular weight is 219 g/mol. The van der Waals surface area contributed by atoms with E-state index in [9.17, 15) is 0 Å². The number of rotatable bonds is 1. The van der Waals surface area contributed by atoms with Gasteiger partial charge in [-0.3, -0.25) is 10.9 Å². The Balaban J connectivity index is 1.89. The van der Waals surface area contributed by atoms with Crippen molar-refractivity contribution in [3.05, 3.63) is 29.8 Å². The fraction of sp³-hybridized carbons (Fsp3) is 0.500. The SMILES string of the molecule is NN1Cc2ccccc2N1C1CCCCO1. The van der Waals surface area contributed by atoms with Crippen LogP contribution in [0.3, 0.4) is 0 Å². The van der Waals surface area contributed by atoms with Gasteiger partial charge in [0.1, 0.15) is 6.23 Å². The fourth-order valence-electron chi connectivity index (χ4n) is 2.49. The van der Waals surface area contributed by atoms with Gasteiger partial charge < -0.3 is 4.74 Å². The molecule has 2 N–H and O–H groups in total. The van der Waals surface area contributed by atoms with Crippen molar-refractivity contribution < 1.29 is 4.74 Å². The Morgan fingerprint density at radius 2 is 2.12 bits per heavy atom. The normalized spacial score (nSPS) is 25.8. The van der Waals surface area contributed by atoms with Gasteiger partial charge in [0.05, 0.1) is 12.2 Å². The summed E-state index contributed by atoms with van der Waals surface area (Å²) in [6.07, 6.45) is 3.55. The van der Waals surface area contributed by atoms with Crippen LogP contribution in [0.1, 0.15) is 24.8 Å². The van der Waals surface area contributed by atoms with Crippen molar-refractivity contribution in [2.45, 2.75) is 32.0 Å².